The van der Waals surface area contributed by atoms with Crippen LogP contribution in [0.1, 0.15) is 200 Å². The molecular weight excluding hydrogens is 689 g/mol. The largest absolute Gasteiger partial charge is 0.472 e. The van der Waals surface area contributed by atoms with Crippen LogP contribution in [0.2, 0.25) is 0 Å². The highest BCUT2D eigenvalue weighted by Gasteiger charge is 2.27. The Morgan fingerprint density at radius 2 is 0.962 bits per heavy atom. The second-order valence-corrected chi connectivity index (χ2v) is 17.5. The number of rotatable bonds is 40. The van der Waals surface area contributed by atoms with E-state index in [-0.39, 0.29) is 25.6 Å². The van der Waals surface area contributed by atoms with Gasteiger partial charge in [-0.1, -0.05) is 161 Å². The van der Waals surface area contributed by atoms with Gasteiger partial charge in [-0.2, -0.15) is 0 Å². The zero-order valence-corrected chi connectivity index (χ0v) is 36.2. The van der Waals surface area contributed by atoms with Gasteiger partial charge in [-0.05, 0) is 38.5 Å². The molecule has 0 bridgehead atoms. The summed E-state index contributed by atoms with van der Waals surface area (Å²) in [7, 11) is 1.48. The topological polar surface area (TPSA) is 108 Å². The van der Waals surface area contributed by atoms with Crippen molar-refractivity contribution in [2.24, 2.45) is 0 Å². The van der Waals surface area contributed by atoms with E-state index in [0.29, 0.717) is 23.9 Å². The van der Waals surface area contributed by atoms with Crippen molar-refractivity contribution in [1.82, 2.24) is 0 Å². The fourth-order valence-corrected chi connectivity index (χ4v) is 6.81. The van der Waals surface area contributed by atoms with Crippen molar-refractivity contribution in [1.29, 1.82) is 0 Å². The predicted molar refractivity (Wildman–Crippen MR) is 220 cm³/mol. The summed E-state index contributed by atoms with van der Waals surface area (Å²) in [6, 6.07) is 0. The number of ether oxygens (including phenoxy) is 2. The molecule has 0 saturated heterocycles. The van der Waals surface area contributed by atoms with E-state index in [0.717, 1.165) is 44.9 Å². The zero-order valence-electron chi connectivity index (χ0n) is 35.3. The Hall–Kier alpha value is -1.25. The first-order valence-corrected chi connectivity index (χ1v) is 23.4. The van der Waals surface area contributed by atoms with Crippen molar-refractivity contribution in [3.05, 3.63) is 12.2 Å². The third-order valence-electron chi connectivity index (χ3n) is 9.55. The SMILES string of the molecule is CCCCCCCCCC/C=C/CCCCCC(=O)O[C@H](COC(=O)CCCCCCCCCCCCCCCC)COP(=O)(O)OCC[N+](C)(C)C. The molecule has 0 heterocycles. The van der Waals surface area contributed by atoms with Crippen LogP contribution in [0, 0.1) is 0 Å². The van der Waals surface area contributed by atoms with Crippen LogP contribution in [0.5, 0.6) is 0 Å². The van der Waals surface area contributed by atoms with Crippen LogP contribution in [0.15, 0.2) is 12.2 Å². The second kappa shape index (κ2) is 36.4. The lowest BCUT2D eigenvalue weighted by Crippen LogP contribution is -2.37. The van der Waals surface area contributed by atoms with Gasteiger partial charge in [-0.3, -0.25) is 18.6 Å². The smallest absolute Gasteiger partial charge is 0.462 e. The Labute approximate surface area is 326 Å². The molecule has 0 saturated carbocycles. The van der Waals surface area contributed by atoms with E-state index in [2.05, 4.69) is 26.0 Å². The van der Waals surface area contributed by atoms with Gasteiger partial charge < -0.3 is 18.9 Å². The number of allylic oxidation sites excluding steroid dienone is 2. The molecule has 9 nitrogen and oxygen atoms in total. The Kier molecular flexibility index (Phi) is 35.5. The summed E-state index contributed by atoms with van der Waals surface area (Å²) in [5, 5.41) is 0. The number of carbonyl (C=O) groups excluding carboxylic acids is 2. The van der Waals surface area contributed by atoms with Crippen molar-refractivity contribution < 1.29 is 42.1 Å². The summed E-state index contributed by atoms with van der Waals surface area (Å²) in [5.74, 6) is -0.808. The number of phosphoric acid groups is 1. The molecule has 10 heteroatoms. The molecule has 0 aliphatic carbocycles. The first-order valence-electron chi connectivity index (χ1n) is 21.9. The molecule has 53 heavy (non-hydrogen) atoms. The maximum absolute atomic E-state index is 12.7. The monoisotopic (exact) mass is 775 g/mol. The van der Waals surface area contributed by atoms with Gasteiger partial charge in [0.1, 0.15) is 19.8 Å². The van der Waals surface area contributed by atoms with Gasteiger partial charge >= 0.3 is 19.8 Å². The molecular formula is C43H85NO8P+. The Balaban J connectivity index is 4.37. The Bertz CT molecular complexity index is 922. The van der Waals surface area contributed by atoms with Crippen molar-refractivity contribution in [2.45, 2.75) is 206 Å². The van der Waals surface area contributed by atoms with Gasteiger partial charge in [-0.15, -0.1) is 0 Å². The molecule has 0 aliphatic rings. The minimum atomic E-state index is -4.37. The van der Waals surface area contributed by atoms with Crippen LogP contribution in [0.3, 0.4) is 0 Å². The number of nitrogens with zero attached hydrogens (tertiary/aromatic N) is 1. The number of hydrogen-bond acceptors (Lipinski definition) is 7. The highest BCUT2D eigenvalue weighted by molar-refractivity contribution is 7.47. The van der Waals surface area contributed by atoms with Crippen LogP contribution in [0.4, 0.5) is 0 Å². The number of phosphoric ester groups is 1. The van der Waals surface area contributed by atoms with Gasteiger partial charge in [-0.25, -0.2) is 4.57 Å². The van der Waals surface area contributed by atoms with E-state index >= 15 is 0 Å². The van der Waals surface area contributed by atoms with Crippen LogP contribution in [0.25, 0.3) is 0 Å². The molecule has 0 rings (SSSR count). The quantitative estimate of drug-likeness (QED) is 0.0215. The van der Waals surface area contributed by atoms with E-state index in [1.807, 2.05) is 21.1 Å². The Morgan fingerprint density at radius 1 is 0.566 bits per heavy atom. The minimum Gasteiger partial charge on any atom is -0.462 e. The molecule has 1 N–H and O–H groups in total. The highest BCUT2D eigenvalue weighted by Crippen LogP contribution is 2.43. The number of carbonyl (C=O) groups is 2. The van der Waals surface area contributed by atoms with E-state index in [9.17, 15) is 19.0 Å². The molecule has 0 aromatic rings. The molecule has 0 aromatic heterocycles. The van der Waals surface area contributed by atoms with E-state index in [4.69, 9.17) is 18.5 Å². The van der Waals surface area contributed by atoms with Crippen molar-refractivity contribution in [3.63, 3.8) is 0 Å². The maximum Gasteiger partial charge on any atom is 0.472 e. The lowest BCUT2D eigenvalue weighted by Gasteiger charge is -2.24. The van der Waals surface area contributed by atoms with Crippen molar-refractivity contribution >= 4 is 19.8 Å². The van der Waals surface area contributed by atoms with Crippen LogP contribution in [-0.2, 0) is 32.7 Å². The summed E-state index contributed by atoms with van der Waals surface area (Å²) in [5.41, 5.74) is 0. The predicted octanol–water partition coefficient (Wildman–Crippen LogP) is 12.2. The number of hydrogen-bond donors (Lipinski definition) is 1. The molecule has 2 atom stereocenters. The lowest BCUT2D eigenvalue weighted by molar-refractivity contribution is -0.870. The minimum absolute atomic E-state index is 0.0320. The number of unbranched alkanes of at least 4 members (excludes halogenated alkanes) is 24. The van der Waals surface area contributed by atoms with Crippen molar-refractivity contribution in [3.8, 4) is 0 Å². The molecule has 1 unspecified atom stereocenters. The van der Waals surface area contributed by atoms with E-state index in [1.54, 1.807) is 0 Å². The third kappa shape index (κ3) is 40.2. The number of quaternary nitrogens is 1. The second-order valence-electron chi connectivity index (χ2n) is 16.1. The van der Waals surface area contributed by atoms with Gasteiger partial charge in [0.05, 0.1) is 27.7 Å². The fourth-order valence-electron chi connectivity index (χ4n) is 6.07. The average Bonchev–Trinajstić information content (AvgIpc) is 3.10. The molecule has 0 aliphatic heterocycles. The first kappa shape index (κ1) is 51.8. The highest BCUT2D eigenvalue weighted by atomic mass is 31.2. The summed E-state index contributed by atoms with van der Waals surface area (Å²) in [4.78, 5) is 35.3. The van der Waals surface area contributed by atoms with Crippen LogP contribution in [-0.4, -0.2) is 74.9 Å². The third-order valence-corrected chi connectivity index (χ3v) is 10.5. The summed E-state index contributed by atoms with van der Waals surface area (Å²) >= 11 is 0. The van der Waals surface area contributed by atoms with Crippen molar-refractivity contribution in [2.75, 3.05) is 47.5 Å². The molecule has 314 valence electrons. The fraction of sp³-hybridized carbons (Fsp3) is 0.907. The van der Waals surface area contributed by atoms with E-state index in [1.165, 1.54) is 122 Å². The van der Waals surface area contributed by atoms with Gasteiger partial charge in [0.2, 0.25) is 0 Å². The standard InChI is InChI=1S/C43H84NO8P/c1-6-8-10-12-14-16-18-20-22-24-26-28-30-32-34-36-43(46)52-41(40-51-53(47,48)50-38-37-44(3,4)5)39-49-42(45)35-33-31-29-27-25-23-21-19-17-15-13-11-9-7-2/h24,26,41H,6-23,25,27-40H2,1-5H3/p+1/b26-24+/t41-/m1/s1. The molecule has 0 radical (unpaired) electrons. The number of esters is 2. The van der Waals surface area contributed by atoms with Gasteiger partial charge in [0.15, 0.2) is 6.10 Å². The normalized spacial score (nSPS) is 13.7. The summed E-state index contributed by atoms with van der Waals surface area (Å²) in [6.07, 6.45) is 36.8. The average molecular weight is 775 g/mol. The zero-order chi connectivity index (χ0) is 39.3. The first-order chi connectivity index (χ1) is 25.5. The number of likely N-dealkylation sites (N-methyl/N-ethyl adjacent to an activating group) is 1. The van der Waals surface area contributed by atoms with Crippen LogP contribution < -0.4 is 0 Å². The molecule has 0 aromatic carbocycles. The molecule has 0 amide bonds. The van der Waals surface area contributed by atoms with Gasteiger partial charge in [0.25, 0.3) is 0 Å². The molecule has 0 spiro atoms. The van der Waals surface area contributed by atoms with Gasteiger partial charge in [0, 0.05) is 12.8 Å². The lowest BCUT2D eigenvalue weighted by atomic mass is 10.0. The molecule has 0 fully saturated rings. The summed E-state index contributed by atoms with van der Waals surface area (Å²) in [6.45, 7) is 4.42. The van der Waals surface area contributed by atoms with Crippen LogP contribution >= 0.6 is 7.82 Å². The maximum atomic E-state index is 12.7. The van der Waals surface area contributed by atoms with E-state index < -0.39 is 26.5 Å². The summed E-state index contributed by atoms with van der Waals surface area (Å²) < 4.78 is 34.3. The Morgan fingerprint density at radius 3 is 1.42 bits per heavy atom.